The number of hydrogen-bond acceptors (Lipinski definition) is 3. The summed E-state index contributed by atoms with van der Waals surface area (Å²) in [6.07, 6.45) is 4.20. The summed E-state index contributed by atoms with van der Waals surface area (Å²) < 4.78 is 12.9. The second kappa shape index (κ2) is 6.99. The van der Waals surface area contributed by atoms with Gasteiger partial charge in [-0.3, -0.25) is 0 Å². The van der Waals surface area contributed by atoms with Crippen LogP contribution in [0.2, 0.25) is 0 Å². The molecule has 1 saturated heterocycles. The second-order valence-electron chi connectivity index (χ2n) is 5.84. The zero-order valence-corrected chi connectivity index (χ0v) is 12.9. The molecule has 2 aromatic rings. The highest BCUT2D eigenvalue weighted by atomic mass is 19.1. The molecule has 1 aliphatic heterocycles. The molecule has 0 spiro atoms. The second-order valence-corrected chi connectivity index (χ2v) is 5.84. The van der Waals surface area contributed by atoms with Gasteiger partial charge in [-0.1, -0.05) is 24.3 Å². The average Bonchev–Trinajstić information content (AvgIpc) is 3.07. The molecule has 0 bridgehead atoms. The first-order chi connectivity index (χ1) is 10.8. The maximum atomic E-state index is 12.9. The zero-order valence-electron chi connectivity index (χ0n) is 12.9. The number of nitrogens with one attached hydrogen (secondary N) is 1. The Morgan fingerprint density at radius 2 is 1.77 bits per heavy atom. The number of halogens is 1. The molecule has 1 fully saturated rings. The lowest BCUT2D eigenvalue weighted by Crippen LogP contribution is -2.31. The Balaban J connectivity index is 1.72. The first kappa shape index (κ1) is 15.1. The molecule has 1 aromatic carbocycles. The van der Waals surface area contributed by atoms with E-state index in [4.69, 9.17) is 0 Å². The molecule has 0 amide bonds. The molecule has 116 valence electrons. The predicted molar refractivity (Wildman–Crippen MR) is 87.1 cm³/mol. The number of likely N-dealkylation sites (tertiary alicyclic amines) is 1. The maximum absolute atomic E-state index is 12.9. The molecule has 3 nitrogen and oxygen atoms in total. The summed E-state index contributed by atoms with van der Waals surface area (Å²) in [4.78, 5) is 6.22. The fraction of sp³-hybridized carbons (Fsp3) is 0.389. The summed E-state index contributed by atoms with van der Waals surface area (Å²) in [5.41, 5.74) is 3.29. The van der Waals surface area contributed by atoms with Gasteiger partial charge in [-0.2, -0.15) is 4.39 Å². The largest absolute Gasteiger partial charge is 0.312 e. The van der Waals surface area contributed by atoms with Gasteiger partial charge in [-0.05, 0) is 56.2 Å². The third-order valence-electron chi connectivity index (χ3n) is 4.36. The van der Waals surface area contributed by atoms with Crippen LogP contribution in [0.25, 0.3) is 11.1 Å². The summed E-state index contributed by atoms with van der Waals surface area (Å²) in [5, 5.41) is 3.41. The minimum Gasteiger partial charge on any atom is -0.312 e. The molecule has 1 unspecified atom stereocenters. The Morgan fingerprint density at radius 1 is 1.09 bits per heavy atom. The molecular weight excluding hydrogens is 277 g/mol. The molecule has 3 rings (SSSR count). The SMILES string of the molecule is CNC(CN1CCCC1)c1ccc(-c2ccc(F)nc2)cc1. The third-order valence-corrected chi connectivity index (χ3v) is 4.36. The van der Waals surface area contributed by atoms with E-state index in [9.17, 15) is 4.39 Å². The molecule has 1 atom stereocenters. The van der Waals surface area contributed by atoms with E-state index >= 15 is 0 Å². The molecule has 0 aliphatic carbocycles. The van der Waals surface area contributed by atoms with Gasteiger partial charge in [0.1, 0.15) is 0 Å². The molecule has 1 aromatic heterocycles. The highest BCUT2D eigenvalue weighted by molar-refractivity contribution is 5.62. The summed E-state index contributed by atoms with van der Waals surface area (Å²) in [7, 11) is 2.01. The van der Waals surface area contributed by atoms with Gasteiger partial charge in [0.05, 0.1) is 0 Å². The first-order valence-electron chi connectivity index (χ1n) is 7.88. The Kier molecular flexibility index (Phi) is 4.80. The molecule has 2 heterocycles. The summed E-state index contributed by atoms with van der Waals surface area (Å²) in [5.74, 6) is -0.443. The van der Waals surface area contributed by atoms with E-state index in [1.807, 2.05) is 7.05 Å². The Bertz CT molecular complexity index is 589. The lowest BCUT2D eigenvalue weighted by Gasteiger charge is -2.23. The molecular formula is C18H22FN3. The first-order valence-corrected chi connectivity index (χ1v) is 7.88. The maximum Gasteiger partial charge on any atom is 0.212 e. The van der Waals surface area contributed by atoms with Crippen LogP contribution in [-0.2, 0) is 0 Å². The van der Waals surface area contributed by atoms with Crippen molar-refractivity contribution < 1.29 is 4.39 Å². The number of likely N-dealkylation sites (N-methyl/N-ethyl adjacent to an activating group) is 1. The monoisotopic (exact) mass is 299 g/mol. The number of pyridine rings is 1. The van der Waals surface area contributed by atoms with E-state index < -0.39 is 5.95 Å². The van der Waals surface area contributed by atoms with E-state index in [1.165, 1.54) is 37.6 Å². The van der Waals surface area contributed by atoms with Gasteiger partial charge < -0.3 is 10.2 Å². The number of rotatable bonds is 5. The van der Waals surface area contributed by atoms with Crippen molar-refractivity contribution in [3.63, 3.8) is 0 Å². The van der Waals surface area contributed by atoms with Gasteiger partial charge in [-0.15, -0.1) is 0 Å². The van der Waals surface area contributed by atoms with Crippen molar-refractivity contribution >= 4 is 0 Å². The van der Waals surface area contributed by atoms with Crippen LogP contribution < -0.4 is 5.32 Å². The lowest BCUT2D eigenvalue weighted by molar-refractivity contribution is 0.299. The van der Waals surface area contributed by atoms with Crippen LogP contribution in [0.1, 0.15) is 24.4 Å². The number of nitrogens with zero attached hydrogens (tertiary/aromatic N) is 2. The van der Waals surface area contributed by atoms with E-state index in [0.29, 0.717) is 6.04 Å². The fourth-order valence-corrected chi connectivity index (χ4v) is 3.04. The standard InChI is InChI=1S/C18H22FN3/c1-20-17(13-22-10-2-3-11-22)15-6-4-14(5-7-15)16-8-9-18(19)21-12-16/h4-9,12,17,20H,2-3,10-11,13H2,1H3. The molecule has 0 radical (unpaired) electrons. The van der Waals surface area contributed by atoms with Crippen molar-refractivity contribution in [2.24, 2.45) is 0 Å². The Labute approximate surface area is 131 Å². The summed E-state index contributed by atoms with van der Waals surface area (Å²) in [6, 6.07) is 12.0. The number of benzene rings is 1. The van der Waals surface area contributed by atoms with Gasteiger partial charge in [0.25, 0.3) is 0 Å². The normalized spacial score (nSPS) is 16.8. The minimum absolute atomic E-state index is 0.346. The third kappa shape index (κ3) is 3.51. The van der Waals surface area contributed by atoms with Crippen molar-refractivity contribution in [2.45, 2.75) is 18.9 Å². The van der Waals surface area contributed by atoms with Crippen LogP contribution >= 0.6 is 0 Å². The zero-order chi connectivity index (χ0) is 15.4. The van der Waals surface area contributed by atoms with E-state index in [1.54, 1.807) is 12.3 Å². The van der Waals surface area contributed by atoms with Gasteiger partial charge in [-0.25, -0.2) is 4.98 Å². The number of aromatic nitrogens is 1. The van der Waals surface area contributed by atoms with E-state index in [0.717, 1.165) is 17.7 Å². The van der Waals surface area contributed by atoms with Gasteiger partial charge in [0, 0.05) is 24.3 Å². The van der Waals surface area contributed by atoms with Crippen LogP contribution in [0.5, 0.6) is 0 Å². The van der Waals surface area contributed by atoms with Gasteiger partial charge in [0.2, 0.25) is 5.95 Å². The summed E-state index contributed by atoms with van der Waals surface area (Å²) in [6.45, 7) is 3.46. The quantitative estimate of drug-likeness (QED) is 0.859. The highest BCUT2D eigenvalue weighted by Crippen LogP contribution is 2.23. The predicted octanol–water partition coefficient (Wildman–Crippen LogP) is 3.24. The van der Waals surface area contributed by atoms with Crippen molar-refractivity contribution in [3.05, 3.63) is 54.1 Å². The molecule has 22 heavy (non-hydrogen) atoms. The topological polar surface area (TPSA) is 28.2 Å². The molecule has 4 heteroatoms. The van der Waals surface area contributed by atoms with Crippen LogP contribution in [0.15, 0.2) is 42.6 Å². The van der Waals surface area contributed by atoms with Crippen LogP contribution in [-0.4, -0.2) is 36.6 Å². The molecule has 1 N–H and O–H groups in total. The Hall–Kier alpha value is -1.78. The van der Waals surface area contributed by atoms with Crippen molar-refractivity contribution in [1.82, 2.24) is 15.2 Å². The highest BCUT2D eigenvalue weighted by Gasteiger charge is 2.17. The van der Waals surface area contributed by atoms with Crippen molar-refractivity contribution in [3.8, 4) is 11.1 Å². The smallest absolute Gasteiger partial charge is 0.212 e. The fourth-order valence-electron chi connectivity index (χ4n) is 3.04. The lowest BCUT2D eigenvalue weighted by atomic mass is 10.0. The van der Waals surface area contributed by atoms with Crippen LogP contribution in [0.3, 0.4) is 0 Å². The molecule has 0 saturated carbocycles. The summed E-state index contributed by atoms with van der Waals surface area (Å²) >= 11 is 0. The molecule has 1 aliphatic rings. The van der Waals surface area contributed by atoms with Gasteiger partial charge >= 0.3 is 0 Å². The van der Waals surface area contributed by atoms with Crippen LogP contribution in [0.4, 0.5) is 4.39 Å². The van der Waals surface area contributed by atoms with Crippen molar-refractivity contribution in [2.75, 3.05) is 26.7 Å². The Morgan fingerprint density at radius 3 is 2.36 bits per heavy atom. The van der Waals surface area contributed by atoms with Gasteiger partial charge in [0.15, 0.2) is 0 Å². The average molecular weight is 299 g/mol. The number of hydrogen-bond donors (Lipinski definition) is 1. The minimum atomic E-state index is -0.443. The van der Waals surface area contributed by atoms with E-state index in [-0.39, 0.29) is 0 Å². The van der Waals surface area contributed by atoms with Crippen LogP contribution in [0, 0.1) is 5.95 Å². The van der Waals surface area contributed by atoms with Crippen molar-refractivity contribution in [1.29, 1.82) is 0 Å². The van der Waals surface area contributed by atoms with E-state index in [2.05, 4.69) is 39.5 Å².